The van der Waals surface area contributed by atoms with Crippen molar-refractivity contribution in [3.05, 3.63) is 0 Å². The Kier molecular flexibility index (Phi) is 5.40. The Bertz CT molecular complexity index is 246. The topological polar surface area (TPSA) is 55.6 Å². The minimum Gasteiger partial charge on any atom is -0.381 e. The van der Waals surface area contributed by atoms with Crippen molar-refractivity contribution < 1.29 is 9.53 Å². The molecule has 4 heteroatoms. The van der Waals surface area contributed by atoms with Crippen molar-refractivity contribution in [1.29, 1.82) is 0 Å². The van der Waals surface area contributed by atoms with E-state index in [4.69, 9.17) is 10.5 Å². The lowest BCUT2D eigenvalue weighted by molar-refractivity contribution is -0.140. The van der Waals surface area contributed by atoms with Crippen LogP contribution in [0.15, 0.2) is 0 Å². The molecule has 0 bridgehead atoms. The number of ether oxygens (including phenoxy) is 1. The summed E-state index contributed by atoms with van der Waals surface area (Å²) in [6, 6.07) is 0. The van der Waals surface area contributed by atoms with Gasteiger partial charge < -0.3 is 15.4 Å². The molecule has 2 N–H and O–H groups in total. The van der Waals surface area contributed by atoms with Gasteiger partial charge in [-0.15, -0.1) is 0 Å². The summed E-state index contributed by atoms with van der Waals surface area (Å²) in [6.45, 7) is 6.81. The molecule has 1 amide bonds. The van der Waals surface area contributed by atoms with Crippen molar-refractivity contribution in [3.8, 4) is 0 Å². The SMILES string of the molecule is CCC(C)(CN)C(=O)N(C)CC1CCCOC1. The van der Waals surface area contributed by atoms with Crippen molar-refractivity contribution in [1.82, 2.24) is 4.90 Å². The lowest BCUT2D eigenvalue weighted by Crippen LogP contribution is -2.46. The first-order chi connectivity index (χ1) is 8.03. The lowest BCUT2D eigenvalue weighted by atomic mass is 9.86. The third-order valence-electron chi connectivity index (χ3n) is 3.88. The van der Waals surface area contributed by atoms with E-state index < -0.39 is 5.41 Å². The predicted octanol–water partition coefficient (Wildman–Crippen LogP) is 1.25. The zero-order chi connectivity index (χ0) is 12.9. The molecule has 4 nitrogen and oxygen atoms in total. The standard InChI is InChI=1S/C13H26N2O2/c1-4-13(2,10-14)12(16)15(3)8-11-6-5-7-17-9-11/h11H,4-10,14H2,1-3H3. The average Bonchev–Trinajstić information content (AvgIpc) is 2.38. The number of hydrogen-bond acceptors (Lipinski definition) is 3. The van der Waals surface area contributed by atoms with Crippen LogP contribution < -0.4 is 5.73 Å². The molecule has 1 aliphatic heterocycles. The molecule has 100 valence electrons. The van der Waals surface area contributed by atoms with Crippen LogP contribution in [0.2, 0.25) is 0 Å². The average molecular weight is 242 g/mol. The van der Waals surface area contributed by atoms with Crippen LogP contribution in [0.1, 0.15) is 33.1 Å². The molecule has 1 aliphatic rings. The summed E-state index contributed by atoms with van der Waals surface area (Å²) in [6.07, 6.45) is 3.05. The second-order valence-electron chi connectivity index (χ2n) is 5.39. The number of hydrogen-bond donors (Lipinski definition) is 1. The van der Waals surface area contributed by atoms with Gasteiger partial charge in [-0.1, -0.05) is 6.92 Å². The Balaban J connectivity index is 2.50. The summed E-state index contributed by atoms with van der Waals surface area (Å²) in [5.74, 6) is 0.643. The molecule has 0 radical (unpaired) electrons. The van der Waals surface area contributed by atoms with Crippen LogP contribution in [-0.4, -0.2) is 44.2 Å². The molecule has 2 atom stereocenters. The van der Waals surface area contributed by atoms with Crippen molar-refractivity contribution in [2.24, 2.45) is 17.1 Å². The Labute approximate surface area is 104 Å². The smallest absolute Gasteiger partial charge is 0.229 e. The van der Waals surface area contributed by atoms with Crippen LogP contribution in [-0.2, 0) is 9.53 Å². The summed E-state index contributed by atoms with van der Waals surface area (Å²) in [4.78, 5) is 14.1. The minimum absolute atomic E-state index is 0.160. The maximum Gasteiger partial charge on any atom is 0.229 e. The third kappa shape index (κ3) is 3.68. The van der Waals surface area contributed by atoms with Crippen LogP contribution in [0, 0.1) is 11.3 Å². The van der Waals surface area contributed by atoms with Crippen LogP contribution >= 0.6 is 0 Å². The first-order valence-corrected chi connectivity index (χ1v) is 6.57. The van der Waals surface area contributed by atoms with Gasteiger partial charge in [0.15, 0.2) is 0 Å². The highest BCUT2D eigenvalue weighted by Crippen LogP contribution is 2.23. The monoisotopic (exact) mass is 242 g/mol. The second-order valence-corrected chi connectivity index (χ2v) is 5.39. The first kappa shape index (κ1) is 14.5. The van der Waals surface area contributed by atoms with E-state index >= 15 is 0 Å². The molecule has 2 unspecified atom stereocenters. The number of carbonyl (C=O) groups excluding carboxylic acids is 1. The summed E-state index contributed by atoms with van der Waals surface area (Å²) >= 11 is 0. The van der Waals surface area contributed by atoms with Gasteiger partial charge in [0, 0.05) is 26.7 Å². The molecule has 1 rings (SSSR count). The molecular formula is C13H26N2O2. The van der Waals surface area contributed by atoms with E-state index in [9.17, 15) is 4.79 Å². The van der Waals surface area contributed by atoms with E-state index in [1.165, 1.54) is 0 Å². The van der Waals surface area contributed by atoms with Crippen LogP contribution in [0.3, 0.4) is 0 Å². The number of nitrogens with two attached hydrogens (primary N) is 1. The van der Waals surface area contributed by atoms with Gasteiger partial charge in [-0.3, -0.25) is 4.79 Å². The maximum absolute atomic E-state index is 12.3. The van der Waals surface area contributed by atoms with E-state index in [0.29, 0.717) is 12.5 Å². The maximum atomic E-state index is 12.3. The molecular weight excluding hydrogens is 216 g/mol. The normalized spacial score (nSPS) is 24.1. The summed E-state index contributed by atoms with van der Waals surface area (Å²) in [7, 11) is 1.88. The minimum atomic E-state index is -0.412. The van der Waals surface area contributed by atoms with Crippen molar-refractivity contribution >= 4 is 5.91 Å². The fourth-order valence-corrected chi connectivity index (χ4v) is 2.27. The van der Waals surface area contributed by atoms with E-state index in [2.05, 4.69) is 0 Å². The Hall–Kier alpha value is -0.610. The molecule has 0 aromatic rings. The Morgan fingerprint density at radius 1 is 1.59 bits per heavy atom. The molecule has 0 saturated carbocycles. The highest BCUT2D eigenvalue weighted by molar-refractivity contribution is 5.82. The van der Waals surface area contributed by atoms with E-state index in [0.717, 1.165) is 39.0 Å². The largest absolute Gasteiger partial charge is 0.381 e. The zero-order valence-corrected chi connectivity index (χ0v) is 11.4. The lowest BCUT2D eigenvalue weighted by Gasteiger charge is -2.33. The fourth-order valence-electron chi connectivity index (χ4n) is 2.27. The molecule has 0 aromatic carbocycles. The Morgan fingerprint density at radius 2 is 2.29 bits per heavy atom. The van der Waals surface area contributed by atoms with E-state index in [1.807, 2.05) is 25.8 Å². The van der Waals surface area contributed by atoms with Gasteiger partial charge in [-0.25, -0.2) is 0 Å². The van der Waals surface area contributed by atoms with Gasteiger partial charge in [0.25, 0.3) is 0 Å². The highest BCUT2D eigenvalue weighted by Gasteiger charge is 2.33. The number of amides is 1. The zero-order valence-electron chi connectivity index (χ0n) is 11.4. The molecule has 1 saturated heterocycles. The van der Waals surface area contributed by atoms with Crippen LogP contribution in [0.4, 0.5) is 0 Å². The number of rotatable bonds is 5. The molecule has 0 aliphatic carbocycles. The van der Waals surface area contributed by atoms with Crippen LogP contribution in [0.25, 0.3) is 0 Å². The number of carbonyl (C=O) groups is 1. The summed E-state index contributed by atoms with van der Waals surface area (Å²) in [5, 5.41) is 0. The first-order valence-electron chi connectivity index (χ1n) is 6.57. The van der Waals surface area contributed by atoms with Gasteiger partial charge in [0.05, 0.1) is 12.0 Å². The van der Waals surface area contributed by atoms with Gasteiger partial charge in [0.1, 0.15) is 0 Å². The third-order valence-corrected chi connectivity index (χ3v) is 3.88. The Morgan fingerprint density at radius 3 is 2.76 bits per heavy atom. The number of nitrogens with zero attached hydrogens (tertiary/aromatic N) is 1. The molecule has 0 aromatic heterocycles. The molecule has 1 fully saturated rings. The second kappa shape index (κ2) is 6.36. The van der Waals surface area contributed by atoms with Crippen molar-refractivity contribution in [2.75, 3.05) is 33.4 Å². The van der Waals surface area contributed by atoms with Gasteiger partial charge in [-0.2, -0.15) is 0 Å². The van der Waals surface area contributed by atoms with Crippen molar-refractivity contribution in [2.45, 2.75) is 33.1 Å². The molecule has 1 heterocycles. The van der Waals surface area contributed by atoms with Gasteiger partial charge >= 0.3 is 0 Å². The fraction of sp³-hybridized carbons (Fsp3) is 0.923. The van der Waals surface area contributed by atoms with Crippen molar-refractivity contribution in [3.63, 3.8) is 0 Å². The summed E-state index contributed by atoms with van der Waals surface area (Å²) in [5.41, 5.74) is 5.30. The van der Waals surface area contributed by atoms with Crippen LogP contribution in [0.5, 0.6) is 0 Å². The predicted molar refractivity (Wildman–Crippen MR) is 68.6 cm³/mol. The molecule has 17 heavy (non-hydrogen) atoms. The highest BCUT2D eigenvalue weighted by atomic mass is 16.5. The van der Waals surface area contributed by atoms with Gasteiger partial charge in [-0.05, 0) is 32.1 Å². The quantitative estimate of drug-likeness (QED) is 0.789. The van der Waals surface area contributed by atoms with E-state index in [1.54, 1.807) is 0 Å². The van der Waals surface area contributed by atoms with Gasteiger partial charge in [0.2, 0.25) is 5.91 Å². The molecule has 0 spiro atoms. The summed E-state index contributed by atoms with van der Waals surface area (Å²) < 4.78 is 5.44. The van der Waals surface area contributed by atoms with E-state index in [-0.39, 0.29) is 5.91 Å².